The first kappa shape index (κ1) is 19.3. The van der Waals surface area contributed by atoms with Crippen molar-refractivity contribution in [3.63, 3.8) is 0 Å². The average molecular weight is 297 g/mol. The lowest BCUT2D eigenvalue weighted by Crippen LogP contribution is -2.32. The highest BCUT2D eigenvalue weighted by Gasteiger charge is 2.09. The molecule has 1 atom stereocenters. The van der Waals surface area contributed by atoms with Gasteiger partial charge in [0.15, 0.2) is 6.23 Å². The van der Waals surface area contributed by atoms with E-state index in [2.05, 4.69) is 23.6 Å². The fraction of sp³-hybridized carbons (Fsp3) is 0.600. The molecule has 0 saturated carbocycles. The number of nitrogens with zero attached hydrogens (tertiary/aromatic N) is 2. The summed E-state index contributed by atoms with van der Waals surface area (Å²) in [6.07, 6.45) is 4.24. The van der Waals surface area contributed by atoms with E-state index in [0.29, 0.717) is 13.2 Å². The Kier molecular flexibility index (Phi) is 11.2. The van der Waals surface area contributed by atoms with Crippen LogP contribution in [0.3, 0.4) is 0 Å². The molecular formula is C15H27N3O3. The summed E-state index contributed by atoms with van der Waals surface area (Å²) in [6.45, 7) is 11.3. The van der Waals surface area contributed by atoms with E-state index in [-0.39, 0.29) is 12.1 Å². The summed E-state index contributed by atoms with van der Waals surface area (Å²) in [6, 6.07) is 0. The molecule has 0 fully saturated rings. The first-order valence-electron chi connectivity index (χ1n) is 6.97. The molecule has 1 amide bonds. The number of nitrogens with one attached hydrogen (secondary N) is 1. The van der Waals surface area contributed by atoms with Gasteiger partial charge in [0.05, 0.1) is 0 Å². The molecule has 0 rings (SSSR count). The fourth-order valence-electron chi connectivity index (χ4n) is 1.32. The van der Waals surface area contributed by atoms with Gasteiger partial charge < -0.3 is 14.9 Å². The molecule has 0 radical (unpaired) electrons. The van der Waals surface area contributed by atoms with Crippen LogP contribution in [-0.4, -0.2) is 57.1 Å². The predicted molar refractivity (Wildman–Crippen MR) is 85.1 cm³/mol. The van der Waals surface area contributed by atoms with Crippen LogP contribution in [0.15, 0.2) is 30.0 Å². The van der Waals surface area contributed by atoms with E-state index < -0.39 is 0 Å². The summed E-state index contributed by atoms with van der Waals surface area (Å²) in [5.74, 6) is -0.277. The van der Waals surface area contributed by atoms with E-state index in [1.54, 1.807) is 13.2 Å². The molecule has 0 aliphatic heterocycles. The second-order valence-corrected chi connectivity index (χ2v) is 4.67. The van der Waals surface area contributed by atoms with Crippen LogP contribution in [0.5, 0.6) is 0 Å². The molecule has 6 nitrogen and oxygen atoms in total. The van der Waals surface area contributed by atoms with E-state index in [9.17, 15) is 4.79 Å². The molecule has 0 bridgehead atoms. The Bertz CT molecular complexity index is 356. The van der Waals surface area contributed by atoms with Crippen molar-refractivity contribution < 1.29 is 14.4 Å². The van der Waals surface area contributed by atoms with Crippen LogP contribution in [0.25, 0.3) is 0 Å². The Morgan fingerprint density at radius 3 is 2.86 bits per heavy atom. The van der Waals surface area contributed by atoms with Crippen LogP contribution in [0.4, 0.5) is 0 Å². The predicted octanol–water partition coefficient (Wildman–Crippen LogP) is 1.55. The summed E-state index contributed by atoms with van der Waals surface area (Å²) >= 11 is 0. The minimum absolute atomic E-state index is 0.222. The standard InChI is InChI=1S/C15H27N3O3/c1-6-13(2)8-10-18(4)14(3)21-17-12-15(19)16-9-7-11-20-5/h6,12,14H,1-2,7-11H2,3-5H3,(H,16,19)/b17-12+. The Labute approximate surface area is 127 Å². The van der Waals surface area contributed by atoms with E-state index >= 15 is 0 Å². The maximum absolute atomic E-state index is 11.4. The smallest absolute Gasteiger partial charge is 0.265 e. The van der Waals surface area contributed by atoms with Crippen LogP contribution in [0.1, 0.15) is 19.8 Å². The summed E-state index contributed by atoms with van der Waals surface area (Å²) in [5.41, 5.74) is 0.980. The van der Waals surface area contributed by atoms with Gasteiger partial charge in [0.1, 0.15) is 6.21 Å². The summed E-state index contributed by atoms with van der Waals surface area (Å²) in [7, 11) is 3.54. The van der Waals surface area contributed by atoms with Crippen LogP contribution < -0.4 is 5.32 Å². The van der Waals surface area contributed by atoms with Gasteiger partial charge in [-0.05, 0) is 26.8 Å². The van der Waals surface area contributed by atoms with Crippen molar-refractivity contribution in [2.45, 2.75) is 26.0 Å². The number of amides is 1. The van der Waals surface area contributed by atoms with Gasteiger partial charge in [-0.3, -0.25) is 9.69 Å². The zero-order valence-electron chi connectivity index (χ0n) is 13.3. The van der Waals surface area contributed by atoms with E-state index in [4.69, 9.17) is 9.57 Å². The third-order valence-electron chi connectivity index (χ3n) is 2.90. The van der Waals surface area contributed by atoms with Crippen molar-refractivity contribution in [1.82, 2.24) is 10.2 Å². The van der Waals surface area contributed by atoms with Gasteiger partial charge in [-0.15, -0.1) is 0 Å². The Morgan fingerprint density at radius 1 is 1.52 bits per heavy atom. The van der Waals surface area contributed by atoms with Crippen molar-refractivity contribution in [1.29, 1.82) is 0 Å². The molecular weight excluding hydrogens is 270 g/mol. The number of rotatable bonds is 12. The van der Waals surface area contributed by atoms with Crippen molar-refractivity contribution >= 4 is 12.1 Å². The van der Waals surface area contributed by atoms with Crippen LogP contribution in [0, 0.1) is 0 Å². The maximum Gasteiger partial charge on any atom is 0.265 e. The van der Waals surface area contributed by atoms with E-state index in [0.717, 1.165) is 31.2 Å². The first-order chi connectivity index (χ1) is 10.0. The highest BCUT2D eigenvalue weighted by atomic mass is 16.6. The van der Waals surface area contributed by atoms with Crippen molar-refractivity contribution in [3.8, 4) is 0 Å². The lowest BCUT2D eigenvalue weighted by atomic mass is 10.2. The normalized spacial score (nSPS) is 12.4. The second kappa shape index (κ2) is 12.1. The molecule has 0 spiro atoms. The zero-order chi connectivity index (χ0) is 16.1. The molecule has 0 saturated heterocycles. The molecule has 6 heteroatoms. The molecule has 0 aliphatic rings. The average Bonchev–Trinajstić information content (AvgIpc) is 2.48. The summed E-state index contributed by atoms with van der Waals surface area (Å²) in [4.78, 5) is 18.6. The topological polar surface area (TPSA) is 63.2 Å². The van der Waals surface area contributed by atoms with Gasteiger partial charge in [0.25, 0.3) is 5.91 Å². The van der Waals surface area contributed by atoms with Gasteiger partial charge in [-0.2, -0.15) is 0 Å². The zero-order valence-corrected chi connectivity index (χ0v) is 13.3. The Balaban J connectivity index is 3.86. The highest BCUT2D eigenvalue weighted by molar-refractivity contribution is 6.26. The lowest BCUT2D eigenvalue weighted by molar-refractivity contribution is -0.114. The van der Waals surface area contributed by atoms with Crippen molar-refractivity contribution in [2.75, 3.05) is 33.9 Å². The molecule has 21 heavy (non-hydrogen) atoms. The number of allylic oxidation sites excluding steroid dienone is 1. The van der Waals surface area contributed by atoms with Gasteiger partial charge in [-0.25, -0.2) is 0 Å². The molecule has 0 heterocycles. The summed E-state index contributed by atoms with van der Waals surface area (Å²) in [5, 5.41) is 6.37. The SMILES string of the molecule is C=CC(=C)CCN(C)C(C)O/N=C/C(=O)NCCCOC. The van der Waals surface area contributed by atoms with Crippen LogP contribution in [0.2, 0.25) is 0 Å². The molecule has 1 unspecified atom stereocenters. The third-order valence-corrected chi connectivity index (χ3v) is 2.90. The molecule has 0 aromatic rings. The fourth-order valence-corrected chi connectivity index (χ4v) is 1.32. The molecule has 0 aliphatic carbocycles. The molecule has 0 aromatic heterocycles. The van der Waals surface area contributed by atoms with Gasteiger partial charge in [0.2, 0.25) is 0 Å². The van der Waals surface area contributed by atoms with Gasteiger partial charge in [0, 0.05) is 26.8 Å². The number of oxime groups is 1. The molecule has 0 aromatic carbocycles. The molecule has 1 N–H and O–H groups in total. The van der Waals surface area contributed by atoms with Crippen LogP contribution >= 0.6 is 0 Å². The minimum atomic E-state index is -0.277. The highest BCUT2D eigenvalue weighted by Crippen LogP contribution is 2.04. The van der Waals surface area contributed by atoms with Crippen molar-refractivity contribution in [3.05, 3.63) is 24.8 Å². The summed E-state index contributed by atoms with van der Waals surface area (Å²) < 4.78 is 4.88. The van der Waals surface area contributed by atoms with Crippen LogP contribution in [-0.2, 0) is 14.4 Å². The van der Waals surface area contributed by atoms with Crippen molar-refractivity contribution in [2.24, 2.45) is 5.16 Å². The number of methoxy groups -OCH3 is 1. The largest absolute Gasteiger partial charge is 0.385 e. The number of hydrogen-bond donors (Lipinski definition) is 1. The number of ether oxygens (including phenoxy) is 1. The molecule has 120 valence electrons. The van der Waals surface area contributed by atoms with E-state index in [1.165, 1.54) is 0 Å². The maximum atomic E-state index is 11.4. The number of carbonyl (C=O) groups is 1. The lowest BCUT2D eigenvalue weighted by Gasteiger charge is -2.22. The second-order valence-electron chi connectivity index (χ2n) is 4.67. The van der Waals surface area contributed by atoms with E-state index in [1.807, 2.05) is 18.9 Å². The minimum Gasteiger partial charge on any atom is -0.385 e. The number of carbonyl (C=O) groups excluding carboxylic acids is 1. The monoisotopic (exact) mass is 297 g/mol. The Hall–Kier alpha value is -1.66. The Morgan fingerprint density at radius 2 is 2.24 bits per heavy atom. The third kappa shape index (κ3) is 10.8. The number of hydrogen-bond acceptors (Lipinski definition) is 5. The van der Waals surface area contributed by atoms with Gasteiger partial charge >= 0.3 is 0 Å². The first-order valence-corrected chi connectivity index (χ1v) is 6.97. The quantitative estimate of drug-likeness (QED) is 0.195. The van der Waals surface area contributed by atoms with Gasteiger partial charge in [-0.1, -0.05) is 30.0 Å².